The van der Waals surface area contributed by atoms with E-state index < -0.39 is 40.8 Å². The molecule has 3 rings (SSSR count). The van der Waals surface area contributed by atoms with E-state index in [-0.39, 0.29) is 11.8 Å². The highest BCUT2D eigenvalue weighted by Gasteiger charge is 2.21. The second-order valence-electron chi connectivity index (χ2n) is 6.73. The van der Waals surface area contributed by atoms with Gasteiger partial charge in [-0.1, -0.05) is 6.07 Å². The Morgan fingerprint density at radius 1 is 0.853 bits per heavy atom. The number of benzene rings is 3. The zero-order valence-electron chi connectivity index (χ0n) is 17.9. The number of thioether (sulfide) groups is 1. The van der Waals surface area contributed by atoms with Crippen LogP contribution < -0.4 is 20.1 Å². The maximum atomic E-state index is 13.7. The van der Waals surface area contributed by atoms with Gasteiger partial charge in [0, 0.05) is 22.2 Å². The summed E-state index contributed by atoms with van der Waals surface area (Å²) in [4.78, 5) is 25.2. The Kier molecular flexibility index (Phi) is 8.00. The van der Waals surface area contributed by atoms with Gasteiger partial charge in [-0.15, -0.1) is 11.8 Å². The van der Waals surface area contributed by atoms with Crippen molar-refractivity contribution < 1.29 is 36.6 Å². The molecule has 0 saturated carbocycles. The van der Waals surface area contributed by atoms with Crippen molar-refractivity contribution in [2.24, 2.45) is 0 Å². The normalized spacial score (nSPS) is 10.5. The first-order valence-corrected chi connectivity index (χ1v) is 10.6. The molecule has 0 aromatic heterocycles. The van der Waals surface area contributed by atoms with Crippen LogP contribution in [0.3, 0.4) is 0 Å². The van der Waals surface area contributed by atoms with Crippen LogP contribution in [0.15, 0.2) is 53.4 Å². The van der Waals surface area contributed by atoms with Crippen LogP contribution in [-0.4, -0.2) is 31.8 Å². The highest BCUT2D eigenvalue weighted by Crippen LogP contribution is 2.29. The molecule has 0 bridgehead atoms. The van der Waals surface area contributed by atoms with Crippen LogP contribution in [0.4, 0.5) is 28.9 Å². The fourth-order valence-corrected chi connectivity index (χ4v) is 3.61. The van der Waals surface area contributed by atoms with Gasteiger partial charge in [0.2, 0.25) is 5.91 Å². The van der Waals surface area contributed by atoms with Gasteiger partial charge in [0.15, 0.2) is 34.8 Å². The minimum Gasteiger partial charge on any atom is -0.493 e. The van der Waals surface area contributed by atoms with Gasteiger partial charge in [-0.25, -0.2) is 17.6 Å². The van der Waals surface area contributed by atoms with Gasteiger partial charge >= 0.3 is 0 Å². The molecule has 0 aliphatic rings. The maximum absolute atomic E-state index is 13.7. The topological polar surface area (TPSA) is 76.7 Å². The summed E-state index contributed by atoms with van der Waals surface area (Å²) in [6.45, 7) is 0. The Hall–Kier alpha value is -3.73. The molecule has 11 heteroatoms. The van der Waals surface area contributed by atoms with Crippen LogP contribution in [0.25, 0.3) is 0 Å². The zero-order valence-corrected chi connectivity index (χ0v) is 18.7. The number of amides is 2. The van der Waals surface area contributed by atoms with Crippen molar-refractivity contribution >= 4 is 35.0 Å². The number of anilines is 2. The summed E-state index contributed by atoms with van der Waals surface area (Å²) in [5.74, 6) is -7.40. The largest absolute Gasteiger partial charge is 0.493 e. The van der Waals surface area contributed by atoms with Crippen LogP contribution in [0.2, 0.25) is 0 Å². The summed E-state index contributed by atoms with van der Waals surface area (Å²) < 4.78 is 64.3. The Morgan fingerprint density at radius 2 is 1.53 bits per heavy atom. The van der Waals surface area contributed by atoms with Crippen molar-refractivity contribution in [3.63, 3.8) is 0 Å². The van der Waals surface area contributed by atoms with E-state index in [0.717, 1.165) is 11.8 Å². The quantitative estimate of drug-likeness (QED) is 0.254. The summed E-state index contributed by atoms with van der Waals surface area (Å²) in [6, 6.07) is 11.2. The lowest BCUT2D eigenvalue weighted by atomic mass is 10.2. The Morgan fingerprint density at radius 3 is 2.18 bits per heavy atom. The van der Waals surface area contributed by atoms with Gasteiger partial charge in [0.25, 0.3) is 5.91 Å². The lowest BCUT2D eigenvalue weighted by Crippen LogP contribution is -2.17. The number of ether oxygens (including phenoxy) is 2. The minimum absolute atomic E-state index is 0.0525. The molecule has 0 atom stereocenters. The SMILES string of the molecule is COc1ccc(C(=O)Nc2cccc(SCC(=O)Nc3c(F)c(F)cc(F)c3F)c2)cc1OC. The molecule has 0 saturated heterocycles. The molecule has 0 radical (unpaired) electrons. The number of carbonyl (C=O) groups is 2. The molecule has 34 heavy (non-hydrogen) atoms. The van der Waals surface area contributed by atoms with E-state index in [1.807, 2.05) is 5.32 Å². The monoisotopic (exact) mass is 494 g/mol. The van der Waals surface area contributed by atoms with E-state index in [4.69, 9.17) is 9.47 Å². The summed E-state index contributed by atoms with van der Waals surface area (Å²) in [7, 11) is 2.92. The van der Waals surface area contributed by atoms with Crippen LogP contribution in [-0.2, 0) is 4.79 Å². The molecule has 0 heterocycles. The highest BCUT2D eigenvalue weighted by atomic mass is 32.2. The lowest BCUT2D eigenvalue weighted by Gasteiger charge is -2.11. The van der Waals surface area contributed by atoms with Gasteiger partial charge in [-0.3, -0.25) is 9.59 Å². The summed E-state index contributed by atoms with van der Waals surface area (Å²) in [5, 5.41) is 4.55. The molecule has 0 fully saturated rings. The van der Waals surface area contributed by atoms with Crippen LogP contribution in [0, 0.1) is 23.3 Å². The van der Waals surface area contributed by atoms with Crippen molar-refractivity contribution in [3.05, 3.63) is 77.4 Å². The number of hydrogen-bond acceptors (Lipinski definition) is 5. The summed E-state index contributed by atoms with van der Waals surface area (Å²) in [6.07, 6.45) is 0. The van der Waals surface area contributed by atoms with Gasteiger partial charge < -0.3 is 20.1 Å². The summed E-state index contributed by atoms with van der Waals surface area (Å²) in [5.41, 5.74) is -0.449. The van der Waals surface area contributed by atoms with Crippen LogP contribution >= 0.6 is 11.8 Å². The van der Waals surface area contributed by atoms with Crippen molar-refractivity contribution in [1.29, 1.82) is 0 Å². The van der Waals surface area contributed by atoms with E-state index in [1.165, 1.54) is 20.3 Å². The lowest BCUT2D eigenvalue weighted by molar-refractivity contribution is -0.113. The minimum atomic E-state index is -1.70. The average molecular weight is 494 g/mol. The molecule has 0 aliphatic carbocycles. The predicted octanol–water partition coefficient (Wildman–Crippen LogP) is 5.24. The Labute approximate surface area is 196 Å². The molecule has 178 valence electrons. The first-order valence-electron chi connectivity index (χ1n) is 9.62. The second kappa shape index (κ2) is 10.9. The van der Waals surface area contributed by atoms with Crippen molar-refractivity contribution in [2.75, 3.05) is 30.6 Å². The van der Waals surface area contributed by atoms with Gasteiger partial charge in [-0.2, -0.15) is 0 Å². The molecule has 0 aliphatic heterocycles. The van der Waals surface area contributed by atoms with Crippen molar-refractivity contribution in [2.45, 2.75) is 4.90 Å². The Bertz CT molecular complexity index is 1210. The molecule has 3 aromatic carbocycles. The number of hydrogen-bond donors (Lipinski definition) is 2. The van der Waals surface area contributed by atoms with Crippen LogP contribution in [0.1, 0.15) is 10.4 Å². The smallest absolute Gasteiger partial charge is 0.255 e. The molecule has 2 N–H and O–H groups in total. The van der Waals surface area contributed by atoms with Crippen molar-refractivity contribution in [3.8, 4) is 11.5 Å². The molecule has 0 unspecified atom stereocenters. The number of halogens is 4. The van der Waals surface area contributed by atoms with Crippen molar-refractivity contribution in [1.82, 2.24) is 0 Å². The van der Waals surface area contributed by atoms with E-state index >= 15 is 0 Å². The van der Waals surface area contributed by atoms with E-state index in [0.29, 0.717) is 27.6 Å². The summed E-state index contributed by atoms with van der Waals surface area (Å²) >= 11 is 0.984. The average Bonchev–Trinajstić information content (AvgIpc) is 2.83. The first-order chi connectivity index (χ1) is 16.2. The van der Waals surface area contributed by atoms with Gasteiger partial charge in [0.05, 0.1) is 20.0 Å². The zero-order chi connectivity index (χ0) is 24.8. The fraction of sp³-hybridized carbons (Fsp3) is 0.130. The molecule has 0 spiro atoms. The van der Waals surface area contributed by atoms with E-state index in [9.17, 15) is 27.2 Å². The molecular weight excluding hydrogens is 476 g/mol. The maximum Gasteiger partial charge on any atom is 0.255 e. The predicted molar refractivity (Wildman–Crippen MR) is 120 cm³/mol. The number of nitrogens with one attached hydrogen (secondary N) is 2. The van der Waals surface area contributed by atoms with E-state index in [2.05, 4.69) is 5.32 Å². The molecule has 3 aromatic rings. The number of rotatable bonds is 8. The number of methoxy groups -OCH3 is 2. The van der Waals surface area contributed by atoms with Gasteiger partial charge in [0.1, 0.15) is 5.69 Å². The molecule has 2 amide bonds. The highest BCUT2D eigenvalue weighted by molar-refractivity contribution is 8.00. The Balaban J connectivity index is 1.64. The second-order valence-corrected chi connectivity index (χ2v) is 7.78. The standard InChI is InChI=1S/C23H18F4N2O4S/c1-32-17-7-6-12(8-18(17)33-2)23(31)28-13-4-3-5-14(9-13)34-11-19(30)29-22-20(26)15(24)10-16(25)21(22)27/h3-10H,11H2,1-2H3,(H,28,31)(H,29,30). The van der Waals surface area contributed by atoms with E-state index in [1.54, 1.807) is 36.4 Å². The molecular formula is C23H18F4N2O4S. The first kappa shape index (κ1) is 24.9. The third-order valence-corrected chi connectivity index (χ3v) is 5.48. The fourth-order valence-electron chi connectivity index (χ4n) is 2.85. The molecule has 6 nitrogen and oxygen atoms in total. The third kappa shape index (κ3) is 5.79. The third-order valence-electron chi connectivity index (χ3n) is 4.48. The van der Waals surface area contributed by atoms with Crippen LogP contribution in [0.5, 0.6) is 11.5 Å². The van der Waals surface area contributed by atoms with Gasteiger partial charge in [-0.05, 0) is 36.4 Å². The number of carbonyl (C=O) groups excluding carboxylic acids is 2.